The van der Waals surface area contributed by atoms with E-state index in [0.717, 1.165) is 11.3 Å². The molecular formula is C21H18N4O3. The fourth-order valence-electron chi connectivity index (χ4n) is 2.79. The normalized spacial score (nSPS) is 10.2. The minimum atomic E-state index is -0.982. The first-order valence-electron chi connectivity index (χ1n) is 8.50. The Morgan fingerprint density at radius 1 is 1.11 bits per heavy atom. The summed E-state index contributed by atoms with van der Waals surface area (Å²) < 4.78 is 5.89. The van der Waals surface area contributed by atoms with Crippen LogP contribution in [-0.2, 0) is 0 Å². The third-order valence-electron chi connectivity index (χ3n) is 4.15. The summed E-state index contributed by atoms with van der Waals surface area (Å²) >= 11 is 0. The van der Waals surface area contributed by atoms with Crippen LogP contribution in [0.5, 0.6) is 11.6 Å². The summed E-state index contributed by atoms with van der Waals surface area (Å²) in [4.78, 5) is 19.7. The summed E-state index contributed by atoms with van der Waals surface area (Å²) in [5, 5.41) is 21.3. The number of nitrogens with zero attached hydrogens (tertiary/aromatic N) is 3. The number of carboxylic acids is 1. The zero-order chi connectivity index (χ0) is 20.3. The number of nitriles is 1. The van der Waals surface area contributed by atoms with Crippen LogP contribution in [0.15, 0.2) is 42.6 Å². The lowest BCUT2D eigenvalue weighted by Gasteiger charge is -2.13. The number of rotatable bonds is 5. The van der Waals surface area contributed by atoms with E-state index >= 15 is 0 Å². The number of benzene rings is 2. The van der Waals surface area contributed by atoms with Crippen molar-refractivity contribution in [3.05, 3.63) is 70.4 Å². The second kappa shape index (κ2) is 7.76. The number of hydrogen-bond acceptors (Lipinski definition) is 6. The predicted molar refractivity (Wildman–Crippen MR) is 104 cm³/mol. The molecule has 3 aromatic rings. The Balaban J connectivity index is 1.84. The maximum absolute atomic E-state index is 11.2. The molecule has 1 aromatic heterocycles. The van der Waals surface area contributed by atoms with Gasteiger partial charge in [0.1, 0.15) is 5.75 Å². The van der Waals surface area contributed by atoms with E-state index in [-0.39, 0.29) is 5.56 Å². The lowest BCUT2D eigenvalue weighted by Crippen LogP contribution is -2.02. The molecule has 3 rings (SSSR count). The first-order chi connectivity index (χ1) is 13.4. The van der Waals surface area contributed by atoms with Crippen LogP contribution in [0.2, 0.25) is 0 Å². The highest BCUT2D eigenvalue weighted by Crippen LogP contribution is 2.29. The molecule has 2 aromatic carbocycles. The van der Waals surface area contributed by atoms with Gasteiger partial charge in [-0.15, -0.1) is 0 Å². The molecule has 0 aliphatic carbocycles. The van der Waals surface area contributed by atoms with Gasteiger partial charge in [-0.3, -0.25) is 0 Å². The highest BCUT2D eigenvalue weighted by molar-refractivity contribution is 5.88. The topological polar surface area (TPSA) is 108 Å². The number of ether oxygens (including phenoxy) is 1. The van der Waals surface area contributed by atoms with Gasteiger partial charge in [0.15, 0.2) is 0 Å². The van der Waals surface area contributed by atoms with Gasteiger partial charge in [-0.2, -0.15) is 10.2 Å². The molecule has 28 heavy (non-hydrogen) atoms. The summed E-state index contributed by atoms with van der Waals surface area (Å²) in [5.74, 6) is 0.254. The second-order valence-corrected chi connectivity index (χ2v) is 6.33. The summed E-state index contributed by atoms with van der Waals surface area (Å²) in [7, 11) is 0. The minimum absolute atomic E-state index is 0.212. The molecule has 2 N–H and O–H groups in total. The number of hydrogen-bond donors (Lipinski definition) is 2. The van der Waals surface area contributed by atoms with Crippen molar-refractivity contribution in [3.8, 4) is 17.7 Å². The number of nitrogens with one attached hydrogen (secondary N) is 1. The minimum Gasteiger partial charge on any atom is -0.478 e. The quantitative estimate of drug-likeness (QED) is 0.676. The SMILES string of the molecule is Cc1cc(Nc2nccc(Oc3c(C)cc(C(=O)O)cc3C)n2)ccc1C#N. The maximum Gasteiger partial charge on any atom is 0.335 e. The maximum atomic E-state index is 11.2. The van der Waals surface area contributed by atoms with Gasteiger partial charge in [0.2, 0.25) is 11.8 Å². The molecule has 0 saturated carbocycles. The zero-order valence-electron chi connectivity index (χ0n) is 15.6. The van der Waals surface area contributed by atoms with Crippen LogP contribution in [0.3, 0.4) is 0 Å². The average Bonchev–Trinajstić information content (AvgIpc) is 2.65. The molecule has 0 bridgehead atoms. The molecule has 0 aliphatic heterocycles. The Morgan fingerprint density at radius 3 is 2.43 bits per heavy atom. The summed E-state index contributed by atoms with van der Waals surface area (Å²) in [6, 6.07) is 12.2. The Kier molecular flexibility index (Phi) is 5.23. The largest absolute Gasteiger partial charge is 0.478 e. The molecule has 7 heteroatoms. The van der Waals surface area contributed by atoms with Crippen molar-refractivity contribution in [2.45, 2.75) is 20.8 Å². The van der Waals surface area contributed by atoms with Crippen molar-refractivity contribution in [2.24, 2.45) is 0 Å². The molecule has 0 spiro atoms. The van der Waals surface area contributed by atoms with Crippen molar-refractivity contribution in [1.82, 2.24) is 9.97 Å². The Morgan fingerprint density at radius 2 is 1.82 bits per heavy atom. The smallest absolute Gasteiger partial charge is 0.335 e. The molecule has 0 atom stereocenters. The van der Waals surface area contributed by atoms with Crippen molar-refractivity contribution >= 4 is 17.6 Å². The third kappa shape index (κ3) is 4.07. The van der Waals surface area contributed by atoms with E-state index < -0.39 is 5.97 Å². The fraction of sp³-hybridized carbons (Fsp3) is 0.143. The van der Waals surface area contributed by atoms with E-state index in [2.05, 4.69) is 21.4 Å². The predicted octanol–water partition coefficient (Wildman–Crippen LogP) is 4.51. The number of carbonyl (C=O) groups is 1. The van der Waals surface area contributed by atoms with Crippen molar-refractivity contribution < 1.29 is 14.6 Å². The van der Waals surface area contributed by atoms with Crippen molar-refractivity contribution in [2.75, 3.05) is 5.32 Å². The first-order valence-corrected chi connectivity index (χ1v) is 8.50. The van der Waals surface area contributed by atoms with E-state index in [4.69, 9.17) is 15.1 Å². The second-order valence-electron chi connectivity index (χ2n) is 6.33. The number of aromatic carboxylic acids is 1. The molecular weight excluding hydrogens is 356 g/mol. The van der Waals surface area contributed by atoms with E-state index in [1.807, 2.05) is 13.0 Å². The summed E-state index contributed by atoms with van der Waals surface area (Å²) in [6.45, 7) is 5.43. The summed E-state index contributed by atoms with van der Waals surface area (Å²) in [5.41, 5.74) is 3.83. The highest BCUT2D eigenvalue weighted by atomic mass is 16.5. The fourth-order valence-corrected chi connectivity index (χ4v) is 2.79. The van der Waals surface area contributed by atoms with Gasteiger partial charge in [0, 0.05) is 18.0 Å². The monoisotopic (exact) mass is 374 g/mol. The van der Waals surface area contributed by atoms with Crippen LogP contribution in [0.4, 0.5) is 11.6 Å². The van der Waals surface area contributed by atoms with Gasteiger partial charge in [-0.05, 0) is 67.8 Å². The van der Waals surface area contributed by atoms with E-state index in [9.17, 15) is 4.79 Å². The molecule has 0 radical (unpaired) electrons. The molecule has 0 fully saturated rings. The van der Waals surface area contributed by atoms with Crippen LogP contribution in [0.1, 0.15) is 32.6 Å². The standard InChI is InChI=1S/C21H18N4O3/c1-12-10-17(5-4-15(12)11-22)24-21-23-7-6-18(25-21)28-19-13(2)8-16(20(26)27)9-14(19)3/h4-10H,1-3H3,(H,26,27)(H,23,24,25). The average molecular weight is 374 g/mol. The van der Waals surface area contributed by atoms with Crippen LogP contribution < -0.4 is 10.1 Å². The van der Waals surface area contributed by atoms with Crippen LogP contribution in [-0.4, -0.2) is 21.0 Å². The van der Waals surface area contributed by atoms with Gasteiger partial charge < -0.3 is 15.2 Å². The third-order valence-corrected chi connectivity index (χ3v) is 4.15. The van der Waals surface area contributed by atoms with Gasteiger partial charge in [0.05, 0.1) is 17.2 Å². The highest BCUT2D eigenvalue weighted by Gasteiger charge is 2.12. The van der Waals surface area contributed by atoms with Crippen LogP contribution >= 0.6 is 0 Å². The number of carboxylic acid groups (broad SMARTS) is 1. The Labute approximate surface area is 162 Å². The summed E-state index contributed by atoms with van der Waals surface area (Å²) in [6.07, 6.45) is 1.57. The molecule has 140 valence electrons. The molecule has 0 saturated heterocycles. The van der Waals surface area contributed by atoms with Crippen LogP contribution in [0, 0.1) is 32.1 Å². The number of anilines is 2. The Bertz CT molecular complexity index is 1080. The van der Waals surface area contributed by atoms with Crippen molar-refractivity contribution in [3.63, 3.8) is 0 Å². The molecule has 1 heterocycles. The van der Waals surface area contributed by atoms with E-state index in [0.29, 0.717) is 34.3 Å². The van der Waals surface area contributed by atoms with Gasteiger partial charge >= 0.3 is 5.97 Å². The van der Waals surface area contributed by atoms with Gasteiger partial charge in [-0.1, -0.05) is 0 Å². The molecule has 0 aliphatic rings. The number of aryl methyl sites for hydroxylation is 3. The van der Waals surface area contributed by atoms with Gasteiger partial charge in [0.25, 0.3) is 0 Å². The lowest BCUT2D eigenvalue weighted by molar-refractivity contribution is 0.0696. The zero-order valence-corrected chi connectivity index (χ0v) is 15.6. The van der Waals surface area contributed by atoms with Crippen LogP contribution in [0.25, 0.3) is 0 Å². The molecule has 0 amide bonds. The lowest BCUT2D eigenvalue weighted by atomic mass is 10.1. The molecule has 0 unspecified atom stereocenters. The van der Waals surface area contributed by atoms with E-state index in [1.54, 1.807) is 50.4 Å². The Hall–Kier alpha value is -3.92. The first kappa shape index (κ1) is 18.9. The van der Waals surface area contributed by atoms with Gasteiger partial charge in [-0.25, -0.2) is 9.78 Å². The van der Waals surface area contributed by atoms with Crippen molar-refractivity contribution in [1.29, 1.82) is 5.26 Å². The number of aromatic nitrogens is 2. The molecule has 7 nitrogen and oxygen atoms in total. The van der Waals surface area contributed by atoms with E-state index in [1.165, 1.54) is 0 Å².